The molecule has 134 valence electrons. The van der Waals surface area contributed by atoms with Crippen LogP contribution in [0.1, 0.15) is 24.5 Å². The van der Waals surface area contributed by atoms with Crippen LogP contribution >= 0.6 is 0 Å². The molecule has 0 saturated carbocycles. The summed E-state index contributed by atoms with van der Waals surface area (Å²) in [6.45, 7) is 1.42. The molecular weight excluding hydrogens is 346 g/mol. The maximum Gasteiger partial charge on any atom is 0.324 e. The van der Waals surface area contributed by atoms with Gasteiger partial charge in [0.1, 0.15) is 0 Å². The average molecular weight is 365 g/mol. The van der Waals surface area contributed by atoms with Gasteiger partial charge in [0.2, 0.25) is 10.0 Å². The van der Waals surface area contributed by atoms with E-state index in [0.29, 0.717) is 18.1 Å². The second kappa shape index (κ2) is 7.21. The molecule has 2 amide bonds. The van der Waals surface area contributed by atoms with Crippen LogP contribution in [0.3, 0.4) is 0 Å². The smallest absolute Gasteiger partial charge is 0.324 e. The van der Waals surface area contributed by atoms with Crippen LogP contribution in [0.5, 0.6) is 0 Å². The minimum absolute atomic E-state index is 0.0231. The van der Waals surface area contributed by atoms with E-state index in [4.69, 9.17) is 9.88 Å². The summed E-state index contributed by atoms with van der Waals surface area (Å²) in [5, 5.41) is 17.2. The molecule has 0 bridgehead atoms. The number of rotatable bonds is 4. The number of carbonyl (C=O) groups is 1. The largest absolute Gasteiger partial charge is 0.381 e. The number of hydrogen-bond donors (Lipinski definition) is 4. The number of aromatic nitrogens is 2. The van der Waals surface area contributed by atoms with Gasteiger partial charge in [-0.2, -0.15) is 5.10 Å². The fraction of sp³-hybridized carbons (Fsp3) is 0.333. The Hall–Kier alpha value is -2.43. The van der Waals surface area contributed by atoms with Crippen LogP contribution in [0.25, 0.3) is 0 Å². The predicted molar refractivity (Wildman–Crippen MR) is 91.8 cm³/mol. The van der Waals surface area contributed by atoms with E-state index >= 15 is 0 Å². The molecule has 25 heavy (non-hydrogen) atoms. The van der Waals surface area contributed by atoms with Crippen LogP contribution in [-0.4, -0.2) is 37.9 Å². The molecule has 2 aromatic rings. The van der Waals surface area contributed by atoms with Gasteiger partial charge in [-0.15, -0.1) is 0 Å². The lowest BCUT2D eigenvalue weighted by atomic mass is 9.99. The van der Waals surface area contributed by atoms with Crippen molar-refractivity contribution in [3.8, 4) is 0 Å². The molecule has 3 rings (SSSR count). The van der Waals surface area contributed by atoms with Gasteiger partial charge in [0, 0.05) is 30.0 Å². The number of hydrogen-bond acceptors (Lipinski definition) is 5. The van der Waals surface area contributed by atoms with Gasteiger partial charge in [-0.25, -0.2) is 18.4 Å². The maximum absolute atomic E-state index is 12.0. The minimum Gasteiger partial charge on any atom is -0.381 e. The number of anilines is 2. The predicted octanol–water partition coefficient (Wildman–Crippen LogP) is 1.60. The molecule has 1 aliphatic heterocycles. The van der Waals surface area contributed by atoms with Gasteiger partial charge in [0.25, 0.3) is 0 Å². The Balaban J connectivity index is 1.58. The molecule has 1 aliphatic rings. The molecule has 0 aliphatic carbocycles. The number of ether oxygens (including phenoxy) is 1. The normalized spacial score (nSPS) is 17.9. The number of urea groups is 1. The lowest BCUT2D eigenvalue weighted by Gasteiger charge is -2.20. The Morgan fingerprint density at radius 2 is 2.04 bits per heavy atom. The number of primary sulfonamides is 1. The van der Waals surface area contributed by atoms with Crippen molar-refractivity contribution >= 4 is 27.6 Å². The molecule has 1 fully saturated rings. The molecule has 0 radical (unpaired) electrons. The summed E-state index contributed by atoms with van der Waals surface area (Å²) >= 11 is 0. The Morgan fingerprint density at radius 1 is 1.28 bits per heavy atom. The molecule has 1 atom stereocenters. The average Bonchev–Trinajstić information content (AvgIpc) is 3.03. The molecule has 0 spiro atoms. The third kappa shape index (κ3) is 4.56. The zero-order valence-corrected chi connectivity index (χ0v) is 14.2. The fourth-order valence-electron chi connectivity index (χ4n) is 2.60. The molecule has 1 aromatic heterocycles. The molecule has 2 heterocycles. The van der Waals surface area contributed by atoms with Gasteiger partial charge in [0.05, 0.1) is 11.5 Å². The van der Waals surface area contributed by atoms with E-state index in [-0.39, 0.29) is 10.8 Å². The van der Waals surface area contributed by atoms with Crippen LogP contribution < -0.4 is 15.8 Å². The number of nitrogens with zero attached hydrogens (tertiary/aromatic N) is 1. The van der Waals surface area contributed by atoms with Gasteiger partial charge >= 0.3 is 6.03 Å². The van der Waals surface area contributed by atoms with Crippen molar-refractivity contribution in [3.05, 3.63) is 36.0 Å². The van der Waals surface area contributed by atoms with Crippen molar-refractivity contribution in [1.29, 1.82) is 0 Å². The zero-order chi connectivity index (χ0) is 17.9. The van der Waals surface area contributed by atoms with Crippen molar-refractivity contribution in [1.82, 2.24) is 10.2 Å². The summed E-state index contributed by atoms with van der Waals surface area (Å²) in [5.41, 5.74) is 1.36. The Kier molecular flexibility index (Phi) is 5.02. The fourth-order valence-corrected chi connectivity index (χ4v) is 3.12. The number of benzene rings is 1. The molecule has 1 unspecified atom stereocenters. The first-order chi connectivity index (χ1) is 11.9. The molecule has 5 N–H and O–H groups in total. The van der Waals surface area contributed by atoms with E-state index < -0.39 is 16.1 Å². The monoisotopic (exact) mass is 365 g/mol. The highest BCUT2D eigenvalue weighted by Crippen LogP contribution is 2.25. The Morgan fingerprint density at radius 3 is 2.68 bits per heavy atom. The van der Waals surface area contributed by atoms with Gasteiger partial charge in [0.15, 0.2) is 5.82 Å². The summed E-state index contributed by atoms with van der Waals surface area (Å²) in [6, 6.07) is 6.84. The number of aromatic amines is 1. The van der Waals surface area contributed by atoms with Crippen LogP contribution in [0.15, 0.2) is 35.2 Å². The molecular formula is C15H19N5O4S. The van der Waals surface area contributed by atoms with Crippen molar-refractivity contribution in [2.45, 2.75) is 23.7 Å². The summed E-state index contributed by atoms with van der Waals surface area (Å²) in [4.78, 5) is 12.0. The lowest BCUT2D eigenvalue weighted by Crippen LogP contribution is -2.20. The van der Waals surface area contributed by atoms with Gasteiger partial charge in [-0.05, 0) is 37.1 Å². The molecule has 1 saturated heterocycles. The van der Waals surface area contributed by atoms with Crippen LogP contribution in [0, 0.1) is 0 Å². The van der Waals surface area contributed by atoms with E-state index in [1.54, 1.807) is 6.07 Å². The van der Waals surface area contributed by atoms with Crippen LogP contribution in [0.4, 0.5) is 16.3 Å². The number of nitrogens with one attached hydrogen (secondary N) is 3. The summed E-state index contributed by atoms with van der Waals surface area (Å²) in [6.07, 6.45) is 2.02. The van der Waals surface area contributed by atoms with E-state index in [1.165, 1.54) is 24.3 Å². The first kappa shape index (κ1) is 17.4. The summed E-state index contributed by atoms with van der Waals surface area (Å²) in [5.74, 6) is 0.657. The molecule has 9 nitrogen and oxygen atoms in total. The number of sulfonamides is 1. The van der Waals surface area contributed by atoms with Crippen LogP contribution in [-0.2, 0) is 14.8 Å². The highest BCUT2D eigenvalue weighted by molar-refractivity contribution is 7.89. The van der Waals surface area contributed by atoms with Crippen molar-refractivity contribution in [2.24, 2.45) is 5.14 Å². The number of H-pyrrole nitrogens is 1. The number of amides is 2. The molecule has 1 aromatic carbocycles. The topological polar surface area (TPSA) is 139 Å². The van der Waals surface area contributed by atoms with E-state index in [9.17, 15) is 13.2 Å². The highest BCUT2D eigenvalue weighted by Gasteiger charge is 2.18. The van der Waals surface area contributed by atoms with Gasteiger partial charge in [-0.1, -0.05) is 0 Å². The first-order valence-electron chi connectivity index (χ1n) is 7.76. The number of carbonyl (C=O) groups excluding carboxylic acids is 1. The zero-order valence-electron chi connectivity index (χ0n) is 13.4. The summed E-state index contributed by atoms with van der Waals surface area (Å²) < 4.78 is 27.8. The van der Waals surface area contributed by atoms with Crippen molar-refractivity contribution in [3.63, 3.8) is 0 Å². The van der Waals surface area contributed by atoms with Crippen LogP contribution in [0.2, 0.25) is 0 Å². The van der Waals surface area contributed by atoms with Crippen molar-refractivity contribution < 1.29 is 17.9 Å². The van der Waals surface area contributed by atoms with E-state index in [1.807, 2.05) is 0 Å². The molecule has 10 heteroatoms. The summed E-state index contributed by atoms with van der Waals surface area (Å²) in [7, 11) is -3.76. The van der Waals surface area contributed by atoms with Gasteiger partial charge in [-0.3, -0.25) is 10.4 Å². The number of nitrogens with two attached hydrogens (primary N) is 1. The first-order valence-corrected chi connectivity index (χ1v) is 9.30. The second-order valence-electron chi connectivity index (χ2n) is 5.77. The van der Waals surface area contributed by atoms with E-state index in [2.05, 4.69) is 20.8 Å². The van der Waals surface area contributed by atoms with E-state index in [0.717, 1.165) is 25.1 Å². The quantitative estimate of drug-likeness (QED) is 0.651. The standard InChI is InChI=1S/C15H19N5O4S/c16-25(22,23)12-5-3-11(4-6-12)17-15(21)18-14-8-13(19-20-14)10-2-1-7-24-9-10/h3-6,8,10H,1-2,7,9H2,(H2,16,22,23)(H3,17,18,19,20,21). The van der Waals surface area contributed by atoms with Crippen molar-refractivity contribution in [2.75, 3.05) is 23.8 Å². The second-order valence-corrected chi connectivity index (χ2v) is 7.33. The minimum atomic E-state index is -3.76. The third-order valence-electron chi connectivity index (χ3n) is 3.88. The SMILES string of the molecule is NS(=O)(=O)c1ccc(NC(=O)Nc2cc(C3CCCOC3)[nH]n2)cc1. The van der Waals surface area contributed by atoms with Gasteiger partial charge < -0.3 is 10.1 Å². The maximum atomic E-state index is 12.0. The third-order valence-corrected chi connectivity index (χ3v) is 4.81. The lowest BCUT2D eigenvalue weighted by molar-refractivity contribution is 0.0793. The Bertz CT molecular complexity index is 841. The highest BCUT2D eigenvalue weighted by atomic mass is 32.2. The Labute approximate surface area is 145 Å².